The van der Waals surface area contributed by atoms with Crippen LogP contribution in [0.4, 0.5) is 10.5 Å². The van der Waals surface area contributed by atoms with Crippen molar-refractivity contribution in [3.05, 3.63) is 42.0 Å². The van der Waals surface area contributed by atoms with E-state index in [1.54, 1.807) is 20.8 Å². The molecule has 1 heterocycles. The zero-order valence-electron chi connectivity index (χ0n) is 27.3. The zero-order chi connectivity index (χ0) is 35.0. The van der Waals surface area contributed by atoms with E-state index in [0.29, 0.717) is 45.2 Å². The third-order valence-corrected chi connectivity index (χ3v) is 7.40. The summed E-state index contributed by atoms with van der Waals surface area (Å²) in [5, 5.41) is 17.8. The fourth-order valence-electron chi connectivity index (χ4n) is 4.72. The van der Waals surface area contributed by atoms with Crippen molar-refractivity contribution in [1.29, 1.82) is 0 Å². The van der Waals surface area contributed by atoms with Gasteiger partial charge in [-0.25, -0.2) is 4.79 Å². The van der Waals surface area contributed by atoms with Crippen LogP contribution in [0.2, 0.25) is 0 Å². The Morgan fingerprint density at radius 2 is 1.60 bits per heavy atom. The molecule has 2 atom stereocenters. The Bertz CT molecular complexity index is 1290. The predicted octanol–water partition coefficient (Wildman–Crippen LogP) is 2.66. The maximum Gasteiger partial charge on any atom is 0.312 e. The van der Waals surface area contributed by atoms with Crippen molar-refractivity contribution in [2.75, 3.05) is 25.0 Å². The summed E-state index contributed by atoms with van der Waals surface area (Å²) in [5.41, 5.74) is 6.10. The Hall–Kier alpha value is -4.75. The molecule has 1 aromatic carbocycles. The first-order valence-electron chi connectivity index (χ1n) is 15.8. The summed E-state index contributed by atoms with van der Waals surface area (Å²) < 4.78 is 5.35. The number of ketones is 1. The molecule has 6 N–H and O–H groups in total. The lowest BCUT2D eigenvalue weighted by Crippen LogP contribution is -2.43. The summed E-state index contributed by atoms with van der Waals surface area (Å²) in [6, 6.07) is 5.39. The first-order chi connectivity index (χ1) is 22.1. The van der Waals surface area contributed by atoms with Crippen LogP contribution in [-0.4, -0.2) is 77.2 Å². The second kappa shape index (κ2) is 19.0. The number of nitrogens with two attached hydrogens (primary N) is 1. The number of carbonyl (C=O) groups excluding carboxylic acids is 6. The molecule has 2 rings (SSSR count). The summed E-state index contributed by atoms with van der Waals surface area (Å²) in [5.74, 6) is -3.42. The van der Waals surface area contributed by atoms with Gasteiger partial charge in [0, 0.05) is 50.3 Å². The lowest BCUT2D eigenvalue weighted by Gasteiger charge is -2.22. The topological polar surface area (TPSA) is 214 Å². The molecule has 0 radical (unpaired) electrons. The van der Waals surface area contributed by atoms with Crippen LogP contribution >= 0.6 is 0 Å². The molecular weight excluding hydrogens is 610 g/mol. The van der Waals surface area contributed by atoms with E-state index in [9.17, 15) is 38.7 Å². The van der Waals surface area contributed by atoms with E-state index in [0.717, 1.165) is 16.2 Å². The number of amides is 5. The molecule has 0 bridgehead atoms. The zero-order valence-corrected chi connectivity index (χ0v) is 27.3. The van der Waals surface area contributed by atoms with E-state index in [1.807, 2.05) is 24.3 Å². The minimum atomic E-state index is -1.23. The predicted molar refractivity (Wildman–Crippen MR) is 173 cm³/mol. The van der Waals surface area contributed by atoms with Crippen LogP contribution in [0, 0.1) is 11.3 Å². The maximum atomic E-state index is 13.3. The maximum absolute atomic E-state index is 13.3. The van der Waals surface area contributed by atoms with Gasteiger partial charge in [0.25, 0.3) is 11.8 Å². The van der Waals surface area contributed by atoms with Crippen LogP contribution in [0.3, 0.4) is 0 Å². The fraction of sp³-hybridized carbons (Fsp3) is 0.545. The Balaban J connectivity index is 1.92. The Morgan fingerprint density at radius 1 is 0.936 bits per heavy atom. The summed E-state index contributed by atoms with van der Waals surface area (Å²) in [6.45, 7) is 6.36. The van der Waals surface area contributed by atoms with Crippen LogP contribution < -0.4 is 21.7 Å². The van der Waals surface area contributed by atoms with Crippen molar-refractivity contribution in [2.45, 2.75) is 84.8 Å². The lowest BCUT2D eigenvalue weighted by molar-refractivity contribution is -0.154. The van der Waals surface area contributed by atoms with Gasteiger partial charge in [-0.2, -0.15) is 0 Å². The van der Waals surface area contributed by atoms with E-state index in [2.05, 4.69) is 16.0 Å². The quantitative estimate of drug-likeness (QED) is 0.0740. The van der Waals surface area contributed by atoms with Gasteiger partial charge in [-0.05, 0) is 70.1 Å². The third kappa shape index (κ3) is 14.9. The number of imide groups is 1. The van der Waals surface area contributed by atoms with Gasteiger partial charge in [-0.3, -0.25) is 33.7 Å². The number of nitrogens with one attached hydrogen (secondary N) is 3. The summed E-state index contributed by atoms with van der Waals surface area (Å²) in [4.78, 5) is 85.0. The van der Waals surface area contributed by atoms with Crippen molar-refractivity contribution >= 4 is 47.2 Å². The van der Waals surface area contributed by atoms with Gasteiger partial charge < -0.3 is 31.5 Å². The van der Waals surface area contributed by atoms with Gasteiger partial charge in [-0.1, -0.05) is 18.6 Å². The normalized spacial score (nSPS) is 14.0. The van der Waals surface area contributed by atoms with Crippen LogP contribution in [0.1, 0.15) is 77.7 Å². The Kier molecular flexibility index (Phi) is 15.6. The number of carbonyl (C=O) groups is 7. The van der Waals surface area contributed by atoms with Gasteiger partial charge in [0.15, 0.2) is 5.78 Å². The highest BCUT2D eigenvalue weighted by Crippen LogP contribution is 2.19. The molecule has 0 aliphatic carbocycles. The largest absolute Gasteiger partial charge is 0.481 e. The monoisotopic (exact) mass is 657 g/mol. The number of anilines is 1. The van der Waals surface area contributed by atoms with Gasteiger partial charge in [0.1, 0.15) is 6.61 Å². The molecule has 1 aromatic rings. The van der Waals surface area contributed by atoms with Crippen molar-refractivity contribution in [1.82, 2.24) is 15.5 Å². The number of esters is 1. The minimum Gasteiger partial charge on any atom is -0.481 e. The number of urea groups is 1. The van der Waals surface area contributed by atoms with Crippen LogP contribution in [-0.2, 0) is 40.1 Å². The molecule has 0 saturated carbocycles. The average molecular weight is 658 g/mol. The smallest absolute Gasteiger partial charge is 0.312 e. The van der Waals surface area contributed by atoms with Crippen molar-refractivity contribution in [3.8, 4) is 0 Å². The lowest BCUT2D eigenvalue weighted by atomic mass is 9.92. The first-order valence-corrected chi connectivity index (χ1v) is 15.8. The summed E-state index contributed by atoms with van der Waals surface area (Å²) in [7, 11) is 0. The molecule has 0 fully saturated rings. The molecule has 47 heavy (non-hydrogen) atoms. The fourth-order valence-corrected chi connectivity index (χ4v) is 4.72. The molecule has 1 aliphatic heterocycles. The minimum absolute atomic E-state index is 0.0193. The van der Waals surface area contributed by atoms with Crippen LogP contribution in [0.5, 0.6) is 0 Å². The van der Waals surface area contributed by atoms with Gasteiger partial charge in [-0.15, -0.1) is 0 Å². The highest BCUT2D eigenvalue weighted by Gasteiger charge is 2.27. The van der Waals surface area contributed by atoms with Gasteiger partial charge in [0.2, 0.25) is 5.91 Å². The number of benzene rings is 1. The van der Waals surface area contributed by atoms with E-state index < -0.39 is 41.6 Å². The summed E-state index contributed by atoms with van der Waals surface area (Å²) >= 11 is 0. The van der Waals surface area contributed by atoms with Gasteiger partial charge in [0.05, 0.1) is 17.9 Å². The third-order valence-electron chi connectivity index (χ3n) is 7.40. The number of aliphatic carboxylic acids is 1. The molecule has 0 saturated heterocycles. The summed E-state index contributed by atoms with van der Waals surface area (Å²) in [6.07, 6.45) is 4.40. The van der Waals surface area contributed by atoms with Crippen molar-refractivity contribution in [3.63, 3.8) is 0 Å². The molecule has 258 valence electrons. The number of primary amides is 1. The number of nitrogens with zero attached hydrogens (tertiary/aromatic N) is 1. The van der Waals surface area contributed by atoms with Crippen LogP contribution in [0.25, 0.3) is 0 Å². The molecule has 5 amide bonds. The molecule has 14 nitrogen and oxygen atoms in total. The Labute approximate surface area is 274 Å². The number of rotatable bonds is 21. The first kappa shape index (κ1) is 38.4. The van der Waals surface area contributed by atoms with E-state index >= 15 is 0 Å². The molecule has 0 unspecified atom stereocenters. The number of ether oxygens (including phenoxy) is 1. The standard InChI is InChI=1S/C33H47N5O9/c1-33(2,3)31(45)47-21-22-10-12-24(13-11-22)36-20-23(8-7-16-35-32(34)46)18-26(39)25(19-30(43)44)37-27(40)9-5-4-6-17-38-28(41)14-15-29(38)42/h10-15,23,25,36H,4-9,16-21H2,1-3H3,(H,37,40)(H,43,44)(H3,34,35,46)/t23-,25+/m1/s1. The number of carboxylic acid groups (broad SMARTS) is 1. The van der Waals surface area contributed by atoms with Crippen molar-refractivity contribution < 1.29 is 43.4 Å². The van der Waals surface area contributed by atoms with Crippen molar-refractivity contribution in [2.24, 2.45) is 17.1 Å². The van der Waals surface area contributed by atoms with Gasteiger partial charge >= 0.3 is 18.0 Å². The molecule has 14 heteroatoms. The Morgan fingerprint density at radius 3 is 2.19 bits per heavy atom. The molecule has 0 aromatic heterocycles. The van der Waals surface area contributed by atoms with Crippen LogP contribution in [0.15, 0.2) is 36.4 Å². The number of hydrogen-bond acceptors (Lipinski definition) is 9. The second-order valence-corrected chi connectivity index (χ2v) is 12.6. The molecule has 1 aliphatic rings. The molecular formula is C33H47N5O9. The van der Waals surface area contributed by atoms with E-state index in [4.69, 9.17) is 10.5 Å². The number of carboxylic acids is 1. The molecule has 0 spiro atoms. The number of Topliss-reactive ketones (excluding diaryl/α,β-unsaturated/α-hetero) is 1. The SMILES string of the molecule is CC(C)(C)C(=O)OCc1ccc(NC[C@H](CCCNC(N)=O)CC(=O)[C@H](CC(=O)O)NC(=O)CCCCCN2C(=O)C=CC2=O)cc1. The highest BCUT2D eigenvalue weighted by atomic mass is 16.5. The highest BCUT2D eigenvalue weighted by molar-refractivity contribution is 6.12. The average Bonchev–Trinajstić information content (AvgIpc) is 3.32. The number of hydrogen-bond donors (Lipinski definition) is 5. The van der Waals surface area contributed by atoms with E-state index in [1.165, 1.54) is 12.2 Å². The van der Waals surface area contributed by atoms with E-state index in [-0.39, 0.29) is 49.7 Å². The number of unbranched alkanes of at least 4 members (excludes halogenated alkanes) is 2. The second-order valence-electron chi connectivity index (χ2n) is 12.6.